The zero-order chi connectivity index (χ0) is 18.6. The van der Waals surface area contributed by atoms with Gasteiger partial charge in [0.1, 0.15) is 0 Å². The van der Waals surface area contributed by atoms with E-state index in [4.69, 9.17) is 4.52 Å². The first-order valence-electron chi connectivity index (χ1n) is 9.83. The van der Waals surface area contributed by atoms with E-state index in [0.29, 0.717) is 24.2 Å². The first-order chi connectivity index (χ1) is 13.2. The predicted octanol–water partition coefficient (Wildman–Crippen LogP) is 2.17. The minimum Gasteiger partial charge on any atom is -0.340 e. The van der Waals surface area contributed by atoms with Crippen LogP contribution in [0.4, 0.5) is 0 Å². The molecule has 8 heteroatoms. The Kier molecular flexibility index (Phi) is 5.85. The van der Waals surface area contributed by atoms with Gasteiger partial charge in [-0.15, -0.1) is 11.3 Å². The number of nitrogens with zero attached hydrogens (tertiary/aromatic N) is 5. The van der Waals surface area contributed by atoms with E-state index in [2.05, 4.69) is 31.8 Å². The molecule has 2 saturated heterocycles. The fraction of sp³-hybridized carbons (Fsp3) is 0.632. The Balaban J connectivity index is 1.25. The summed E-state index contributed by atoms with van der Waals surface area (Å²) in [6.45, 7) is 9.49. The number of hydrogen-bond donors (Lipinski definition) is 0. The van der Waals surface area contributed by atoms with Gasteiger partial charge >= 0.3 is 0 Å². The number of thiophene rings is 1. The van der Waals surface area contributed by atoms with E-state index in [1.807, 2.05) is 17.5 Å². The van der Waals surface area contributed by atoms with Crippen LogP contribution in [0, 0.1) is 5.92 Å². The van der Waals surface area contributed by atoms with Gasteiger partial charge in [0, 0.05) is 32.1 Å². The number of aromatic nitrogens is 2. The second kappa shape index (κ2) is 8.50. The molecule has 0 saturated carbocycles. The average molecular weight is 390 g/mol. The second-order valence-electron chi connectivity index (χ2n) is 7.30. The van der Waals surface area contributed by atoms with Gasteiger partial charge in [-0.1, -0.05) is 18.1 Å². The van der Waals surface area contributed by atoms with Crippen molar-refractivity contribution in [1.29, 1.82) is 0 Å². The Labute approximate surface area is 163 Å². The number of rotatable bonds is 5. The van der Waals surface area contributed by atoms with E-state index < -0.39 is 0 Å². The van der Waals surface area contributed by atoms with Crippen LogP contribution in [0.2, 0.25) is 0 Å². The molecule has 2 aromatic heterocycles. The van der Waals surface area contributed by atoms with Crippen LogP contribution in [0.3, 0.4) is 0 Å². The molecule has 2 aliphatic heterocycles. The fourth-order valence-corrected chi connectivity index (χ4v) is 4.55. The molecule has 7 nitrogen and oxygen atoms in total. The van der Waals surface area contributed by atoms with Gasteiger partial charge in [0.05, 0.1) is 11.4 Å². The summed E-state index contributed by atoms with van der Waals surface area (Å²) >= 11 is 1.61. The van der Waals surface area contributed by atoms with E-state index in [1.54, 1.807) is 11.3 Å². The van der Waals surface area contributed by atoms with Crippen LogP contribution in [-0.2, 0) is 11.3 Å². The lowest BCUT2D eigenvalue weighted by molar-refractivity contribution is -0.138. The van der Waals surface area contributed by atoms with Crippen molar-refractivity contribution in [3.8, 4) is 10.7 Å². The van der Waals surface area contributed by atoms with Crippen molar-refractivity contribution in [2.75, 3.05) is 45.8 Å². The monoisotopic (exact) mass is 389 g/mol. The van der Waals surface area contributed by atoms with E-state index in [0.717, 1.165) is 63.5 Å². The van der Waals surface area contributed by atoms with Gasteiger partial charge in [0.15, 0.2) is 0 Å². The summed E-state index contributed by atoms with van der Waals surface area (Å²) in [4.78, 5) is 25.1. The quantitative estimate of drug-likeness (QED) is 0.781. The lowest BCUT2D eigenvalue weighted by atomic mass is 9.95. The van der Waals surface area contributed by atoms with Crippen molar-refractivity contribution in [1.82, 2.24) is 24.8 Å². The van der Waals surface area contributed by atoms with Crippen LogP contribution < -0.4 is 0 Å². The van der Waals surface area contributed by atoms with E-state index in [-0.39, 0.29) is 5.92 Å². The molecule has 0 aliphatic carbocycles. The summed E-state index contributed by atoms with van der Waals surface area (Å²) in [5.74, 6) is 1.83. The molecule has 0 aromatic carbocycles. The van der Waals surface area contributed by atoms with Gasteiger partial charge in [-0.3, -0.25) is 9.69 Å². The van der Waals surface area contributed by atoms with Gasteiger partial charge in [0.25, 0.3) is 0 Å². The highest BCUT2D eigenvalue weighted by Gasteiger charge is 2.30. The van der Waals surface area contributed by atoms with Crippen molar-refractivity contribution >= 4 is 17.2 Å². The third-order valence-corrected chi connectivity index (χ3v) is 6.50. The largest absolute Gasteiger partial charge is 0.340 e. The topological polar surface area (TPSA) is 65.7 Å². The van der Waals surface area contributed by atoms with E-state index >= 15 is 0 Å². The summed E-state index contributed by atoms with van der Waals surface area (Å²) in [6, 6.07) is 3.98. The minimum atomic E-state index is 0.166. The molecule has 0 bridgehead atoms. The SMILES string of the molecule is CCN1CCN(C(=O)C2CCN(Cc3nc(-c4cccs4)no3)CC2)CC1. The molecule has 146 valence electrons. The standard InChI is InChI=1S/C19H27N5O2S/c1-2-22-9-11-24(12-10-22)19(25)15-5-7-23(8-6-15)14-17-20-18(21-26-17)16-4-3-13-27-16/h3-4,13,15H,2,5-12,14H2,1H3. The Bertz CT molecular complexity index is 731. The molecule has 2 aliphatic rings. The third kappa shape index (κ3) is 4.39. The first-order valence-corrected chi connectivity index (χ1v) is 10.7. The molecular weight excluding hydrogens is 362 g/mol. The highest BCUT2D eigenvalue weighted by atomic mass is 32.1. The van der Waals surface area contributed by atoms with Crippen molar-refractivity contribution in [3.05, 3.63) is 23.4 Å². The molecule has 0 atom stereocenters. The molecular formula is C19H27N5O2S. The lowest BCUT2D eigenvalue weighted by Crippen LogP contribution is -2.51. The fourth-order valence-electron chi connectivity index (χ4n) is 3.90. The lowest BCUT2D eigenvalue weighted by Gasteiger charge is -2.38. The molecule has 27 heavy (non-hydrogen) atoms. The maximum Gasteiger partial charge on any atom is 0.241 e. The zero-order valence-electron chi connectivity index (χ0n) is 15.8. The Morgan fingerprint density at radius 1 is 1.19 bits per heavy atom. The third-order valence-electron chi connectivity index (χ3n) is 5.64. The average Bonchev–Trinajstić information content (AvgIpc) is 3.40. The Morgan fingerprint density at radius 3 is 2.63 bits per heavy atom. The number of piperazine rings is 1. The van der Waals surface area contributed by atoms with Gasteiger partial charge < -0.3 is 14.3 Å². The normalized spacial score (nSPS) is 20.3. The maximum absolute atomic E-state index is 12.8. The zero-order valence-corrected chi connectivity index (χ0v) is 16.7. The first kappa shape index (κ1) is 18.6. The summed E-state index contributed by atoms with van der Waals surface area (Å²) in [5, 5.41) is 6.08. The molecule has 0 unspecified atom stereocenters. The molecule has 4 heterocycles. The number of likely N-dealkylation sites (tertiary alicyclic amines) is 1. The number of amides is 1. The van der Waals surface area contributed by atoms with Crippen molar-refractivity contribution in [3.63, 3.8) is 0 Å². The van der Waals surface area contributed by atoms with Crippen LogP contribution in [0.25, 0.3) is 10.7 Å². The Hall–Kier alpha value is -1.77. The molecule has 2 fully saturated rings. The molecule has 4 rings (SSSR count). The summed E-state index contributed by atoms with van der Waals surface area (Å²) in [6.07, 6.45) is 1.83. The molecule has 2 aromatic rings. The van der Waals surface area contributed by atoms with Crippen LogP contribution in [0.15, 0.2) is 22.0 Å². The summed E-state index contributed by atoms with van der Waals surface area (Å²) in [7, 11) is 0. The van der Waals surface area contributed by atoms with E-state index in [1.165, 1.54) is 0 Å². The highest BCUT2D eigenvalue weighted by Crippen LogP contribution is 2.24. The minimum absolute atomic E-state index is 0.166. The van der Waals surface area contributed by atoms with Crippen LogP contribution in [-0.4, -0.2) is 76.6 Å². The predicted molar refractivity (Wildman–Crippen MR) is 104 cm³/mol. The Morgan fingerprint density at radius 2 is 1.96 bits per heavy atom. The number of carbonyl (C=O) groups is 1. The maximum atomic E-state index is 12.8. The number of carbonyl (C=O) groups excluding carboxylic acids is 1. The van der Waals surface area contributed by atoms with Gasteiger partial charge in [-0.05, 0) is 43.9 Å². The molecule has 0 spiro atoms. The molecule has 1 amide bonds. The van der Waals surface area contributed by atoms with Crippen molar-refractivity contribution < 1.29 is 9.32 Å². The number of hydrogen-bond acceptors (Lipinski definition) is 7. The van der Waals surface area contributed by atoms with Gasteiger partial charge in [-0.2, -0.15) is 4.98 Å². The van der Waals surface area contributed by atoms with E-state index in [9.17, 15) is 4.79 Å². The van der Waals surface area contributed by atoms with Crippen LogP contribution in [0.1, 0.15) is 25.7 Å². The van der Waals surface area contributed by atoms with Gasteiger partial charge in [-0.25, -0.2) is 0 Å². The second-order valence-corrected chi connectivity index (χ2v) is 8.25. The molecule has 0 N–H and O–H groups in total. The smallest absolute Gasteiger partial charge is 0.241 e. The van der Waals surface area contributed by atoms with Gasteiger partial charge in [0.2, 0.25) is 17.6 Å². The van der Waals surface area contributed by atoms with Crippen molar-refractivity contribution in [2.45, 2.75) is 26.3 Å². The summed E-state index contributed by atoms with van der Waals surface area (Å²) in [5.41, 5.74) is 0. The number of piperidine rings is 1. The highest BCUT2D eigenvalue weighted by molar-refractivity contribution is 7.13. The van der Waals surface area contributed by atoms with Crippen LogP contribution in [0.5, 0.6) is 0 Å². The number of likely N-dealkylation sites (N-methyl/N-ethyl adjacent to an activating group) is 1. The summed E-state index contributed by atoms with van der Waals surface area (Å²) < 4.78 is 5.41. The van der Waals surface area contributed by atoms with Crippen LogP contribution >= 0.6 is 11.3 Å². The van der Waals surface area contributed by atoms with Crippen molar-refractivity contribution in [2.24, 2.45) is 5.92 Å². The molecule has 0 radical (unpaired) electrons.